The number of anilines is 2. The van der Waals surface area contributed by atoms with Crippen molar-refractivity contribution in [2.75, 3.05) is 22.9 Å². The molecule has 7 nitrogen and oxygen atoms in total. The minimum atomic E-state index is -0.384. The smallest absolute Gasteiger partial charge is 0.227 e. The standard InChI is InChI=1S/C22H25N3O4/c1-3-20(26)24-9-8-15-10-17(5-7-19(15)24)25-13-16(11-21(25)27)22(28)23-12-18-6-4-14(2)29-18/h4-7,10,16H,3,8-9,11-13H2,1-2H3,(H,23,28)/t16-/m1/s1. The van der Waals surface area contributed by atoms with Crippen LogP contribution < -0.4 is 15.1 Å². The van der Waals surface area contributed by atoms with Crippen molar-refractivity contribution >= 4 is 29.1 Å². The number of hydrogen-bond acceptors (Lipinski definition) is 4. The van der Waals surface area contributed by atoms with Gasteiger partial charge in [0.05, 0.1) is 12.5 Å². The van der Waals surface area contributed by atoms with Gasteiger partial charge in [-0.2, -0.15) is 0 Å². The molecule has 4 rings (SSSR count). The predicted octanol–water partition coefficient (Wildman–Crippen LogP) is 2.56. The van der Waals surface area contributed by atoms with E-state index in [9.17, 15) is 14.4 Å². The molecule has 29 heavy (non-hydrogen) atoms. The van der Waals surface area contributed by atoms with Gasteiger partial charge in [-0.3, -0.25) is 14.4 Å². The molecule has 1 atom stereocenters. The molecule has 1 aromatic heterocycles. The Morgan fingerprint density at radius 3 is 2.79 bits per heavy atom. The SMILES string of the molecule is CCC(=O)N1CCc2cc(N3C[C@H](C(=O)NCc4ccc(C)o4)CC3=O)ccc21. The van der Waals surface area contributed by atoms with Crippen LogP contribution >= 0.6 is 0 Å². The van der Waals surface area contributed by atoms with Gasteiger partial charge in [0.1, 0.15) is 11.5 Å². The number of nitrogens with zero attached hydrogens (tertiary/aromatic N) is 2. The molecular formula is C22H25N3O4. The van der Waals surface area contributed by atoms with E-state index in [4.69, 9.17) is 4.42 Å². The summed E-state index contributed by atoms with van der Waals surface area (Å²) in [6.45, 7) is 5.06. The van der Waals surface area contributed by atoms with Crippen molar-refractivity contribution in [3.8, 4) is 0 Å². The van der Waals surface area contributed by atoms with Crippen molar-refractivity contribution in [3.63, 3.8) is 0 Å². The van der Waals surface area contributed by atoms with Gasteiger partial charge in [0.25, 0.3) is 0 Å². The lowest BCUT2D eigenvalue weighted by atomic mass is 10.1. The zero-order valence-corrected chi connectivity index (χ0v) is 16.7. The molecular weight excluding hydrogens is 370 g/mol. The molecule has 3 heterocycles. The van der Waals surface area contributed by atoms with E-state index in [0.717, 1.165) is 29.1 Å². The molecule has 7 heteroatoms. The van der Waals surface area contributed by atoms with Gasteiger partial charge in [-0.25, -0.2) is 0 Å². The van der Waals surface area contributed by atoms with Crippen molar-refractivity contribution < 1.29 is 18.8 Å². The van der Waals surface area contributed by atoms with Crippen LogP contribution in [-0.4, -0.2) is 30.8 Å². The molecule has 0 saturated carbocycles. The van der Waals surface area contributed by atoms with Crippen molar-refractivity contribution in [3.05, 3.63) is 47.4 Å². The number of nitrogens with one attached hydrogen (secondary N) is 1. The zero-order chi connectivity index (χ0) is 20.5. The second-order valence-electron chi connectivity index (χ2n) is 7.60. The summed E-state index contributed by atoms with van der Waals surface area (Å²) in [4.78, 5) is 40.6. The summed E-state index contributed by atoms with van der Waals surface area (Å²) in [5, 5.41) is 2.86. The fourth-order valence-electron chi connectivity index (χ4n) is 4.04. The van der Waals surface area contributed by atoms with Gasteiger partial charge in [0.2, 0.25) is 17.7 Å². The molecule has 1 fully saturated rings. The average molecular weight is 395 g/mol. The number of carbonyl (C=O) groups is 3. The lowest BCUT2D eigenvalue weighted by Gasteiger charge is -2.20. The summed E-state index contributed by atoms with van der Waals surface area (Å²) in [5.41, 5.74) is 2.78. The first kappa shape index (κ1) is 19.2. The fourth-order valence-corrected chi connectivity index (χ4v) is 4.04. The van der Waals surface area contributed by atoms with Crippen LogP contribution in [0.2, 0.25) is 0 Å². The van der Waals surface area contributed by atoms with Crippen molar-refractivity contribution in [2.45, 2.75) is 39.7 Å². The van der Waals surface area contributed by atoms with E-state index in [1.54, 1.807) is 9.80 Å². The van der Waals surface area contributed by atoms with E-state index < -0.39 is 0 Å². The monoisotopic (exact) mass is 395 g/mol. The molecule has 1 N–H and O–H groups in total. The van der Waals surface area contributed by atoms with Gasteiger partial charge in [-0.15, -0.1) is 0 Å². The van der Waals surface area contributed by atoms with Crippen molar-refractivity contribution in [1.82, 2.24) is 5.32 Å². The van der Waals surface area contributed by atoms with Crippen LogP contribution in [0.1, 0.15) is 36.8 Å². The fraction of sp³-hybridized carbons (Fsp3) is 0.409. The van der Waals surface area contributed by atoms with Gasteiger partial charge in [0, 0.05) is 37.3 Å². The van der Waals surface area contributed by atoms with E-state index in [1.807, 2.05) is 44.2 Å². The Labute approximate surface area is 169 Å². The van der Waals surface area contributed by atoms with Gasteiger partial charge >= 0.3 is 0 Å². The van der Waals surface area contributed by atoms with E-state index in [-0.39, 0.29) is 30.1 Å². The molecule has 0 bridgehead atoms. The van der Waals surface area contributed by atoms with Gasteiger partial charge in [0.15, 0.2) is 0 Å². The first-order chi connectivity index (χ1) is 14.0. The zero-order valence-electron chi connectivity index (χ0n) is 16.7. The Morgan fingerprint density at radius 1 is 1.24 bits per heavy atom. The summed E-state index contributed by atoms with van der Waals surface area (Å²) in [6, 6.07) is 9.43. The first-order valence-corrected chi connectivity index (χ1v) is 10.0. The molecule has 0 aliphatic carbocycles. The van der Waals surface area contributed by atoms with Crippen LogP contribution in [0, 0.1) is 12.8 Å². The highest BCUT2D eigenvalue weighted by Crippen LogP contribution is 2.34. The number of amides is 3. The summed E-state index contributed by atoms with van der Waals surface area (Å²) >= 11 is 0. The second kappa shape index (κ2) is 7.73. The van der Waals surface area contributed by atoms with Crippen molar-refractivity contribution in [2.24, 2.45) is 5.92 Å². The van der Waals surface area contributed by atoms with Crippen LogP contribution in [0.25, 0.3) is 0 Å². The molecule has 2 aliphatic heterocycles. The van der Waals surface area contributed by atoms with Crippen LogP contribution in [0.4, 0.5) is 11.4 Å². The molecule has 1 saturated heterocycles. The maximum absolute atomic E-state index is 12.5. The third-order valence-electron chi connectivity index (χ3n) is 5.60. The number of furan rings is 1. The summed E-state index contributed by atoms with van der Waals surface area (Å²) in [5.74, 6) is 1.02. The molecule has 2 aliphatic rings. The van der Waals surface area contributed by atoms with Gasteiger partial charge in [-0.05, 0) is 49.2 Å². The quantitative estimate of drug-likeness (QED) is 0.843. The summed E-state index contributed by atoms with van der Waals surface area (Å²) in [6.07, 6.45) is 1.45. The molecule has 0 spiro atoms. The maximum atomic E-state index is 12.5. The molecule has 3 amide bonds. The molecule has 1 aromatic carbocycles. The van der Waals surface area contributed by atoms with E-state index in [2.05, 4.69) is 5.32 Å². The third kappa shape index (κ3) is 3.77. The Balaban J connectivity index is 1.42. The van der Waals surface area contributed by atoms with E-state index in [0.29, 0.717) is 31.8 Å². The highest BCUT2D eigenvalue weighted by molar-refractivity contribution is 6.01. The second-order valence-corrected chi connectivity index (χ2v) is 7.60. The minimum Gasteiger partial charge on any atom is -0.465 e. The lowest BCUT2D eigenvalue weighted by molar-refractivity contribution is -0.126. The van der Waals surface area contributed by atoms with Crippen LogP contribution in [0.15, 0.2) is 34.7 Å². The molecule has 0 unspecified atom stereocenters. The average Bonchev–Trinajstić information content (AvgIpc) is 3.43. The Bertz CT molecular complexity index is 965. The van der Waals surface area contributed by atoms with E-state index in [1.165, 1.54) is 0 Å². The summed E-state index contributed by atoms with van der Waals surface area (Å²) in [7, 11) is 0. The number of fused-ring (bicyclic) bond motifs is 1. The van der Waals surface area contributed by atoms with E-state index >= 15 is 0 Å². The van der Waals surface area contributed by atoms with Crippen molar-refractivity contribution in [1.29, 1.82) is 0 Å². The Hall–Kier alpha value is -3.09. The molecule has 152 valence electrons. The lowest BCUT2D eigenvalue weighted by Crippen LogP contribution is -2.32. The predicted molar refractivity (Wildman–Crippen MR) is 109 cm³/mol. The number of hydrogen-bond donors (Lipinski definition) is 1. The third-order valence-corrected chi connectivity index (χ3v) is 5.60. The normalized spacial score (nSPS) is 18.3. The van der Waals surface area contributed by atoms with Crippen LogP contribution in [0.5, 0.6) is 0 Å². The van der Waals surface area contributed by atoms with Crippen LogP contribution in [-0.2, 0) is 27.3 Å². The maximum Gasteiger partial charge on any atom is 0.227 e. The van der Waals surface area contributed by atoms with Gasteiger partial charge < -0.3 is 19.5 Å². The molecule has 2 aromatic rings. The number of carbonyl (C=O) groups excluding carboxylic acids is 3. The number of rotatable bonds is 5. The Kier molecular flexibility index (Phi) is 5.13. The number of benzene rings is 1. The van der Waals surface area contributed by atoms with Gasteiger partial charge in [-0.1, -0.05) is 6.92 Å². The number of aryl methyl sites for hydroxylation is 1. The highest BCUT2D eigenvalue weighted by Gasteiger charge is 2.36. The first-order valence-electron chi connectivity index (χ1n) is 10.0. The summed E-state index contributed by atoms with van der Waals surface area (Å²) < 4.78 is 5.46. The minimum absolute atomic E-state index is 0.0570. The largest absolute Gasteiger partial charge is 0.465 e. The van der Waals surface area contributed by atoms with Crippen LogP contribution in [0.3, 0.4) is 0 Å². The Morgan fingerprint density at radius 2 is 2.07 bits per heavy atom. The molecule has 0 radical (unpaired) electrons. The topological polar surface area (TPSA) is 82.9 Å². The highest BCUT2D eigenvalue weighted by atomic mass is 16.3.